The number of nitrogens with zero attached hydrogens (tertiary/aromatic N) is 3. The summed E-state index contributed by atoms with van der Waals surface area (Å²) in [4.78, 5) is 10.9. The Labute approximate surface area is 106 Å². The van der Waals surface area contributed by atoms with Gasteiger partial charge in [0.15, 0.2) is 0 Å². The molecule has 0 aromatic carbocycles. The predicted molar refractivity (Wildman–Crippen MR) is 70.5 cm³/mol. The molecule has 18 heavy (non-hydrogen) atoms. The fraction of sp³-hybridized carbons (Fsp3) is 0.286. The normalized spacial score (nSPS) is 15.7. The van der Waals surface area contributed by atoms with Crippen LogP contribution in [0.4, 0.5) is 5.82 Å². The summed E-state index contributed by atoms with van der Waals surface area (Å²) in [6.45, 7) is 3.40. The molecule has 1 aliphatic heterocycles. The molecule has 0 unspecified atom stereocenters. The highest BCUT2D eigenvalue weighted by atomic mass is 16.5. The molecule has 0 amide bonds. The molecule has 2 aromatic heterocycles. The van der Waals surface area contributed by atoms with E-state index in [0.29, 0.717) is 0 Å². The molecular weight excluding hydrogens is 226 g/mol. The van der Waals surface area contributed by atoms with Crippen LogP contribution in [0.3, 0.4) is 0 Å². The van der Waals surface area contributed by atoms with Crippen LogP contribution in [0.2, 0.25) is 0 Å². The first-order valence-electron chi connectivity index (χ1n) is 6.12. The molecule has 1 fully saturated rings. The molecule has 92 valence electrons. The van der Waals surface area contributed by atoms with Crippen molar-refractivity contribution in [3.05, 3.63) is 42.9 Å². The highest BCUT2D eigenvalue weighted by Crippen LogP contribution is 2.20. The van der Waals surface area contributed by atoms with E-state index in [4.69, 9.17) is 4.74 Å². The number of aromatic nitrogens is 2. The molecule has 0 N–H and O–H groups in total. The van der Waals surface area contributed by atoms with Gasteiger partial charge in [0, 0.05) is 42.8 Å². The summed E-state index contributed by atoms with van der Waals surface area (Å²) in [5.74, 6) is 1.02. The Morgan fingerprint density at radius 1 is 1.00 bits per heavy atom. The van der Waals surface area contributed by atoms with Crippen LogP contribution in [0.1, 0.15) is 0 Å². The third-order valence-corrected chi connectivity index (χ3v) is 3.08. The third kappa shape index (κ3) is 2.33. The smallest absolute Gasteiger partial charge is 0.128 e. The van der Waals surface area contributed by atoms with Crippen molar-refractivity contribution in [2.24, 2.45) is 0 Å². The van der Waals surface area contributed by atoms with Crippen LogP contribution in [0.5, 0.6) is 0 Å². The monoisotopic (exact) mass is 241 g/mol. The second-order valence-electron chi connectivity index (χ2n) is 4.25. The van der Waals surface area contributed by atoms with Gasteiger partial charge in [0.05, 0.1) is 13.2 Å². The minimum absolute atomic E-state index is 0.784. The van der Waals surface area contributed by atoms with Gasteiger partial charge in [0.25, 0.3) is 0 Å². The molecule has 1 aliphatic rings. The van der Waals surface area contributed by atoms with E-state index < -0.39 is 0 Å². The van der Waals surface area contributed by atoms with Gasteiger partial charge in [-0.3, -0.25) is 4.98 Å². The molecule has 3 rings (SSSR count). The van der Waals surface area contributed by atoms with Crippen molar-refractivity contribution in [1.82, 2.24) is 9.97 Å². The maximum atomic E-state index is 5.34. The lowest BCUT2D eigenvalue weighted by molar-refractivity contribution is 0.122. The maximum Gasteiger partial charge on any atom is 0.128 e. The van der Waals surface area contributed by atoms with Crippen molar-refractivity contribution in [3.8, 4) is 11.1 Å². The number of pyridine rings is 2. The van der Waals surface area contributed by atoms with Crippen LogP contribution in [0.15, 0.2) is 42.9 Å². The van der Waals surface area contributed by atoms with Crippen molar-refractivity contribution < 1.29 is 4.74 Å². The Balaban J connectivity index is 1.80. The van der Waals surface area contributed by atoms with E-state index in [-0.39, 0.29) is 0 Å². The zero-order valence-corrected chi connectivity index (χ0v) is 10.1. The van der Waals surface area contributed by atoms with Crippen LogP contribution in [-0.4, -0.2) is 36.3 Å². The summed E-state index contributed by atoms with van der Waals surface area (Å²) in [6.07, 6.45) is 5.53. The van der Waals surface area contributed by atoms with Gasteiger partial charge in [0.2, 0.25) is 0 Å². The molecule has 0 saturated carbocycles. The molecule has 3 heterocycles. The molecule has 4 nitrogen and oxygen atoms in total. The van der Waals surface area contributed by atoms with Gasteiger partial charge in [-0.2, -0.15) is 0 Å². The molecule has 4 heteroatoms. The number of ether oxygens (including phenoxy) is 1. The molecule has 0 aliphatic carbocycles. The SMILES string of the molecule is c1cncc(-c2ccc(N3CCOCC3)nc2)c1. The molecule has 0 radical (unpaired) electrons. The van der Waals surface area contributed by atoms with E-state index in [1.165, 1.54) is 0 Å². The van der Waals surface area contributed by atoms with Crippen LogP contribution in [0, 0.1) is 0 Å². The standard InChI is InChI=1S/C14H15N3O/c1-2-12(10-15-5-1)13-3-4-14(16-11-13)17-6-8-18-9-7-17/h1-5,10-11H,6-9H2. The lowest BCUT2D eigenvalue weighted by Gasteiger charge is -2.27. The maximum absolute atomic E-state index is 5.34. The Morgan fingerprint density at radius 2 is 1.83 bits per heavy atom. The number of hydrogen-bond acceptors (Lipinski definition) is 4. The first-order valence-corrected chi connectivity index (χ1v) is 6.12. The largest absolute Gasteiger partial charge is 0.378 e. The van der Waals surface area contributed by atoms with Gasteiger partial charge in [-0.25, -0.2) is 4.98 Å². The van der Waals surface area contributed by atoms with Crippen LogP contribution in [-0.2, 0) is 4.74 Å². The van der Waals surface area contributed by atoms with Crippen LogP contribution < -0.4 is 4.90 Å². The summed E-state index contributed by atoms with van der Waals surface area (Å²) < 4.78 is 5.34. The number of morpholine rings is 1. The average molecular weight is 241 g/mol. The Morgan fingerprint density at radius 3 is 2.50 bits per heavy atom. The van der Waals surface area contributed by atoms with Gasteiger partial charge in [0.1, 0.15) is 5.82 Å². The Kier molecular flexibility index (Phi) is 3.19. The number of rotatable bonds is 2. The van der Waals surface area contributed by atoms with Gasteiger partial charge < -0.3 is 9.64 Å². The zero-order valence-electron chi connectivity index (χ0n) is 10.1. The topological polar surface area (TPSA) is 38.2 Å². The average Bonchev–Trinajstić information content (AvgIpc) is 2.49. The highest BCUT2D eigenvalue weighted by Gasteiger charge is 2.11. The fourth-order valence-electron chi connectivity index (χ4n) is 2.07. The van der Waals surface area contributed by atoms with Crippen molar-refractivity contribution >= 4 is 5.82 Å². The van der Waals surface area contributed by atoms with E-state index in [0.717, 1.165) is 43.2 Å². The molecule has 0 atom stereocenters. The third-order valence-electron chi connectivity index (χ3n) is 3.08. The van der Waals surface area contributed by atoms with Crippen molar-refractivity contribution in [2.45, 2.75) is 0 Å². The summed E-state index contributed by atoms with van der Waals surface area (Å²) >= 11 is 0. The second kappa shape index (κ2) is 5.14. The zero-order chi connectivity index (χ0) is 12.2. The van der Waals surface area contributed by atoms with E-state index in [9.17, 15) is 0 Å². The van der Waals surface area contributed by atoms with Gasteiger partial charge in [-0.1, -0.05) is 6.07 Å². The van der Waals surface area contributed by atoms with Crippen LogP contribution in [0.25, 0.3) is 11.1 Å². The van der Waals surface area contributed by atoms with Crippen molar-refractivity contribution in [1.29, 1.82) is 0 Å². The van der Waals surface area contributed by atoms with E-state index in [1.54, 1.807) is 6.20 Å². The molecule has 2 aromatic rings. The number of hydrogen-bond donors (Lipinski definition) is 0. The lowest BCUT2D eigenvalue weighted by Crippen LogP contribution is -2.36. The molecular formula is C14H15N3O. The first kappa shape index (κ1) is 11.2. The van der Waals surface area contributed by atoms with Gasteiger partial charge >= 0.3 is 0 Å². The summed E-state index contributed by atoms with van der Waals surface area (Å²) in [5.41, 5.74) is 2.19. The molecule has 1 saturated heterocycles. The minimum atomic E-state index is 0.784. The van der Waals surface area contributed by atoms with E-state index in [1.807, 2.05) is 24.5 Å². The molecule has 0 spiro atoms. The molecule has 0 bridgehead atoms. The van der Waals surface area contributed by atoms with Crippen molar-refractivity contribution in [3.63, 3.8) is 0 Å². The van der Waals surface area contributed by atoms with Crippen LogP contribution >= 0.6 is 0 Å². The Bertz CT molecular complexity index is 492. The van der Waals surface area contributed by atoms with E-state index in [2.05, 4.69) is 27.0 Å². The highest BCUT2D eigenvalue weighted by molar-refractivity contribution is 5.62. The van der Waals surface area contributed by atoms with Crippen molar-refractivity contribution in [2.75, 3.05) is 31.2 Å². The van der Waals surface area contributed by atoms with E-state index >= 15 is 0 Å². The first-order chi connectivity index (χ1) is 8.93. The lowest BCUT2D eigenvalue weighted by atomic mass is 10.1. The minimum Gasteiger partial charge on any atom is -0.378 e. The summed E-state index contributed by atoms with van der Waals surface area (Å²) in [5, 5.41) is 0. The van der Waals surface area contributed by atoms with Gasteiger partial charge in [-0.15, -0.1) is 0 Å². The summed E-state index contributed by atoms with van der Waals surface area (Å²) in [7, 11) is 0. The summed E-state index contributed by atoms with van der Waals surface area (Å²) in [6, 6.07) is 8.13. The quantitative estimate of drug-likeness (QED) is 0.806. The van der Waals surface area contributed by atoms with Gasteiger partial charge in [-0.05, 0) is 18.2 Å². The fourth-order valence-corrected chi connectivity index (χ4v) is 2.07. The Hall–Kier alpha value is -1.94. The second-order valence-corrected chi connectivity index (χ2v) is 4.25. The predicted octanol–water partition coefficient (Wildman–Crippen LogP) is 1.98. The number of anilines is 1.